The minimum absolute atomic E-state index is 0.267. The molecule has 0 spiro atoms. The second-order valence-corrected chi connectivity index (χ2v) is 3.17. The summed E-state index contributed by atoms with van der Waals surface area (Å²) in [4.78, 5) is 11.7. The summed E-state index contributed by atoms with van der Waals surface area (Å²) in [5, 5.41) is 6.55. The van der Waals surface area contributed by atoms with Crippen LogP contribution in [0.5, 0.6) is 0 Å². The van der Waals surface area contributed by atoms with Crippen LogP contribution in [0.25, 0.3) is 0 Å². The first-order valence-electron chi connectivity index (χ1n) is 4.64. The predicted octanol–water partition coefficient (Wildman–Crippen LogP) is 0.144. The van der Waals surface area contributed by atoms with E-state index in [0.29, 0.717) is 17.8 Å². The van der Waals surface area contributed by atoms with E-state index in [0.717, 1.165) is 0 Å². The number of carbonyl (C=O) groups is 1. The Kier molecular flexibility index (Phi) is 3.34. The van der Waals surface area contributed by atoms with Gasteiger partial charge in [-0.3, -0.25) is 9.48 Å². The lowest BCUT2D eigenvalue weighted by Crippen LogP contribution is -2.33. The molecule has 0 aliphatic carbocycles. The fourth-order valence-electron chi connectivity index (χ4n) is 1.12. The predicted molar refractivity (Wildman–Crippen MR) is 58.0 cm³/mol. The van der Waals surface area contributed by atoms with Gasteiger partial charge in [-0.15, -0.1) is 6.42 Å². The number of rotatable bonds is 3. The molecule has 3 N–H and O–H groups in total. The van der Waals surface area contributed by atoms with Crippen molar-refractivity contribution in [1.29, 1.82) is 0 Å². The molecule has 1 aromatic rings. The van der Waals surface area contributed by atoms with Crippen molar-refractivity contribution in [3.05, 3.63) is 11.8 Å². The van der Waals surface area contributed by atoms with Gasteiger partial charge in [0, 0.05) is 7.05 Å². The zero-order valence-electron chi connectivity index (χ0n) is 8.82. The smallest absolute Gasteiger partial charge is 0.257 e. The number of carbonyl (C=O) groups excluding carboxylic acids is 1. The van der Waals surface area contributed by atoms with E-state index in [2.05, 4.69) is 16.3 Å². The highest BCUT2D eigenvalue weighted by Crippen LogP contribution is 2.09. The van der Waals surface area contributed by atoms with E-state index in [1.165, 1.54) is 10.9 Å². The van der Waals surface area contributed by atoms with Gasteiger partial charge < -0.3 is 11.1 Å². The Labute approximate surface area is 88.6 Å². The van der Waals surface area contributed by atoms with Crippen molar-refractivity contribution < 1.29 is 4.79 Å². The second-order valence-electron chi connectivity index (χ2n) is 3.17. The van der Waals surface area contributed by atoms with Crippen molar-refractivity contribution in [1.82, 2.24) is 15.1 Å². The Morgan fingerprint density at radius 1 is 1.87 bits per heavy atom. The van der Waals surface area contributed by atoms with E-state index < -0.39 is 0 Å². The van der Waals surface area contributed by atoms with Crippen LogP contribution in [0, 0.1) is 12.3 Å². The lowest BCUT2D eigenvalue weighted by molar-refractivity contribution is 0.0946. The number of terminal acetylenes is 1. The normalized spacial score (nSPS) is 11.8. The summed E-state index contributed by atoms with van der Waals surface area (Å²) in [5.41, 5.74) is 6.00. The highest BCUT2D eigenvalue weighted by atomic mass is 16.1. The molecule has 80 valence electrons. The van der Waals surface area contributed by atoms with Gasteiger partial charge in [-0.05, 0) is 6.42 Å². The van der Waals surface area contributed by atoms with Crippen molar-refractivity contribution >= 4 is 11.7 Å². The minimum Gasteiger partial charge on any atom is -0.383 e. The fraction of sp³-hybridized carbons (Fsp3) is 0.400. The van der Waals surface area contributed by atoms with Crippen molar-refractivity contribution in [3.63, 3.8) is 0 Å². The Balaban J connectivity index is 2.78. The van der Waals surface area contributed by atoms with E-state index in [1.54, 1.807) is 7.05 Å². The third-order valence-corrected chi connectivity index (χ3v) is 2.14. The molecule has 5 nitrogen and oxygen atoms in total. The van der Waals surface area contributed by atoms with Crippen LogP contribution < -0.4 is 11.1 Å². The highest BCUT2D eigenvalue weighted by Gasteiger charge is 2.15. The number of amides is 1. The van der Waals surface area contributed by atoms with Crippen molar-refractivity contribution in [2.75, 3.05) is 5.73 Å². The average Bonchev–Trinajstić information content (AvgIpc) is 2.56. The van der Waals surface area contributed by atoms with Gasteiger partial charge in [0.25, 0.3) is 5.91 Å². The molecule has 1 aromatic heterocycles. The number of aromatic nitrogens is 2. The maximum atomic E-state index is 11.7. The summed E-state index contributed by atoms with van der Waals surface area (Å²) in [6.07, 6.45) is 7.34. The number of nitrogens with zero attached hydrogens (tertiary/aromatic N) is 2. The number of hydrogen-bond donors (Lipinski definition) is 2. The average molecular weight is 206 g/mol. The molecule has 1 heterocycles. The molecule has 15 heavy (non-hydrogen) atoms. The van der Waals surface area contributed by atoms with Crippen molar-refractivity contribution in [3.8, 4) is 12.3 Å². The molecule has 5 heteroatoms. The van der Waals surface area contributed by atoms with Crippen LogP contribution in [0.3, 0.4) is 0 Å². The number of nitrogens with two attached hydrogens (primary N) is 1. The van der Waals surface area contributed by atoms with Crippen LogP contribution >= 0.6 is 0 Å². The molecule has 0 bridgehead atoms. The number of nitrogens with one attached hydrogen (secondary N) is 1. The molecular weight excluding hydrogens is 192 g/mol. The van der Waals surface area contributed by atoms with Crippen molar-refractivity contribution in [2.24, 2.45) is 7.05 Å². The molecule has 1 rings (SSSR count). The molecule has 0 saturated heterocycles. The van der Waals surface area contributed by atoms with Crippen LogP contribution in [0.1, 0.15) is 23.7 Å². The van der Waals surface area contributed by atoms with Crippen LogP contribution in [-0.2, 0) is 7.05 Å². The first-order valence-corrected chi connectivity index (χ1v) is 4.64. The Hall–Kier alpha value is -1.96. The van der Waals surface area contributed by atoms with Crippen LogP contribution in [0.4, 0.5) is 5.82 Å². The molecule has 1 unspecified atom stereocenters. The van der Waals surface area contributed by atoms with E-state index in [4.69, 9.17) is 12.2 Å². The quantitative estimate of drug-likeness (QED) is 0.691. The van der Waals surface area contributed by atoms with Crippen molar-refractivity contribution in [2.45, 2.75) is 19.4 Å². The topological polar surface area (TPSA) is 72.9 Å². The van der Waals surface area contributed by atoms with Gasteiger partial charge in [-0.25, -0.2) is 0 Å². The molecule has 0 fully saturated rings. The SMILES string of the molecule is C#CC(CC)NC(=O)c1cnn(C)c1N. The number of nitrogen functional groups attached to an aromatic ring is 1. The standard InChI is InChI=1S/C10H14N4O/c1-4-7(5-2)13-10(15)8-6-12-14(3)9(8)11/h1,6-7H,5,11H2,2-3H3,(H,13,15). The molecule has 0 aliphatic heterocycles. The third kappa shape index (κ3) is 2.29. The largest absolute Gasteiger partial charge is 0.383 e. The molecule has 0 radical (unpaired) electrons. The minimum atomic E-state index is -0.287. The Bertz CT molecular complexity index is 402. The summed E-state index contributed by atoms with van der Waals surface area (Å²) in [5.74, 6) is 2.52. The summed E-state index contributed by atoms with van der Waals surface area (Å²) in [7, 11) is 1.67. The number of hydrogen-bond acceptors (Lipinski definition) is 3. The van der Waals surface area contributed by atoms with Crippen LogP contribution in [0.2, 0.25) is 0 Å². The van der Waals surface area contributed by atoms with Crippen LogP contribution in [-0.4, -0.2) is 21.7 Å². The zero-order chi connectivity index (χ0) is 11.4. The van der Waals surface area contributed by atoms with Gasteiger partial charge in [-0.1, -0.05) is 12.8 Å². The van der Waals surface area contributed by atoms with Gasteiger partial charge >= 0.3 is 0 Å². The van der Waals surface area contributed by atoms with Gasteiger partial charge in [-0.2, -0.15) is 5.10 Å². The van der Waals surface area contributed by atoms with E-state index >= 15 is 0 Å². The lowest BCUT2D eigenvalue weighted by atomic mass is 10.2. The monoisotopic (exact) mass is 206 g/mol. The second kappa shape index (κ2) is 4.51. The summed E-state index contributed by atoms with van der Waals surface area (Å²) in [6.45, 7) is 1.90. The molecule has 0 saturated carbocycles. The summed E-state index contributed by atoms with van der Waals surface area (Å²) in [6, 6.07) is -0.267. The third-order valence-electron chi connectivity index (χ3n) is 2.14. The van der Waals surface area contributed by atoms with Crippen LogP contribution in [0.15, 0.2) is 6.20 Å². The maximum absolute atomic E-state index is 11.7. The Morgan fingerprint density at radius 3 is 2.93 bits per heavy atom. The van der Waals surface area contributed by atoms with Gasteiger partial charge in [0.05, 0.1) is 12.2 Å². The lowest BCUT2D eigenvalue weighted by Gasteiger charge is -2.09. The number of anilines is 1. The van der Waals surface area contributed by atoms with Gasteiger partial charge in [0.1, 0.15) is 11.4 Å². The Morgan fingerprint density at radius 2 is 2.53 bits per heavy atom. The summed E-state index contributed by atoms with van der Waals surface area (Å²) < 4.78 is 1.44. The van der Waals surface area contributed by atoms with Gasteiger partial charge in [0.2, 0.25) is 0 Å². The molecule has 1 amide bonds. The van der Waals surface area contributed by atoms with E-state index in [9.17, 15) is 4.79 Å². The van der Waals surface area contributed by atoms with E-state index in [-0.39, 0.29) is 11.9 Å². The molecule has 0 aliphatic rings. The first-order chi connectivity index (χ1) is 7.10. The molecule has 0 aromatic carbocycles. The summed E-state index contributed by atoms with van der Waals surface area (Å²) >= 11 is 0. The number of aryl methyl sites for hydroxylation is 1. The highest BCUT2D eigenvalue weighted by molar-refractivity contribution is 5.98. The molecular formula is C10H14N4O. The zero-order valence-corrected chi connectivity index (χ0v) is 8.82. The van der Waals surface area contributed by atoms with Gasteiger partial charge in [0.15, 0.2) is 0 Å². The maximum Gasteiger partial charge on any atom is 0.257 e. The molecule has 1 atom stereocenters. The fourth-order valence-corrected chi connectivity index (χ4v) is 1.12. The van der Waals surface area contributed by atoms with E-state index in [1.807, 2.05) is 6.92 Å². The first kappa shape index (κ1) is 11.1.